The molecule has 0 aromatic carbocycles. The van der Waals surface area contributed by atoms with E-state index < -0.39 is 5.60 Å². The van der Waals surface area contributed by atoms with Crippen LogP contribution in [0.1, 0.15) is 37.9 Å². The van der Waals surface area contributed by atoms with Crippen molar-refractivity contribution in [3.8, 4) is 0 Å². The molecule has 0 radical (unpaired) electrons. The molecule has 94 valence electrons. The van der Waals surface area contributed by atoms with Crippen LogP contribution in [0, 0.1) is 0 Å². The maximum absolute atomic E-state index is 12.4. The SMILES string of the molecule is COC1(C(=O)Cc2nccn2C)CCCCC1. The molecule has 0 bridgehead atoms. The van der Waals surface area contributed by atoms with Gasteiger partial charge in [0, 0.05) is 26.6 Å². The van der Waals surface area contributed by atoms with Crippen LogP contribution in [0.5, 0.6) is 0 Å². The van der Waals surface area contributed by atoms with Crippen LogP contribution in [0.2, 0.25) is 0 Å². The van der Waals surface area contributed by atoms with Crippen molar-refractivity contribution in [2.75, 3.05) is 7.11 Å². The van der Waals surface area contributed by atoms with Crippen LogP contribution in [0.15, 0.2) is 12.4 Å². The predicted molar refractivity (Wildman–Crippen MR) is 64.7 cm³/mol. The van der Waals surface area contributed by atoms with Crippen LogP contribution < -0.4 is 0 Å². The van der Waals surface area contributed by atoms with Crippen molar-refractivity contribution in [1.82, 2.24) is 9.55 Å². The topological polar surface area (TPSA) is 44.1 Å². The van der Waals surface area contributed by atoms with Crippen molar-refractivity contribution in [2.45, 2.75) is 44.1 Å². The lowest BCUT2D eigenvalue weighted by atomic mass is 9.80. The van der Waals surface area contributed by atoms with Gasteiger partial charge in [-0.05, 0) is 12.8 Å². The summed E-state index contributed by atoms with van der Waals surface area (Å²) in [6, 6.07) is 0. The van der Waals surface area contributed by atoms with Crippen molar-refractivity contribution in [1.29, 1.82) is 0 Å². The van der Waals surface area contributed by atoms with E-state index in [0.29, 0.717) is 6.42 Å². The van der Waals surface area contributed by atoms with Gasteiger partial charge in [0.25, 0.3) is 0 Å². The number of Topliss-reactive ketones (excluding diaryl/α,β-unsaturated/α-hetero) is 1. The fourth-order valence-corrected chi connectivity index (χ4v) is 2.59. The highest BCUT2D eigenvalue weighted by atomic mass is 16.5. The fourth-order valence-electron chi connectivity index (χ4n) is 2.59. The lowest BCUT2D eigenvalue weighted by Gasteiger charge is -2.34. The Morgan fingerprint density at radius 1 is 1.47 bits per heavy atom. The minimum Gasteiger partial charge on any atom is -0.370 e. The minimum absolute atomic E-state index is 0.175. The van der Waals surface area contributed by atoms with Gasteiger partial charge in [0.05, 0.1) is 6.42 Å². The van der Waals surface area contributed by atoms with Crippen LogP contribution in [0.25, 0.3) is 0 Å². The molecule has 0 aliphatic heterocycles. The van der Waals surface area contributed by atoms with Crippen LogP contribution in [0.4, 0.5) is 0 Å². The van der Waals surface area contributed by atoms with Crippen molar-refractivity contribution in [2.24, 2.45) is 7.05 Å². The molecule has 0 N–H and O–H groups in total. The largest absolute Gasteiger partial charge is 0.370 e. The summed E-state index contributed by atoms with van der Waals surface area (Å²) >= 11 is 0. The number of methoxy groups -OCH3 is 1. The molecule has 0 saturated heterocycles. The van der Waals surface area contributed by atoms with Gasteiger partial charge in [-0.1, -0.05) is 19.3 Å². The number of rotatable bonds is 4. The van der Waals surface area contributed by atoms with E-state index in [2.05, 4.69) is 4.98 Å². The van der Waals surface area contributed by atoms with Crippen molar-refractivity contribution >= 4 is 5.78 Å². The third kappa shape index (κ3) is 2.41. The van der Waals surface area contributed by atoms with E-state index in [9.17, 15) is 4.79 Å². The summed E-state index contributed by atoms with van der Waals surface area (Å²) in [5, 5.41) is 0. The molecule has 1 aliphatic rings. The standard InChI is InChI=1S/C13H20N2O2/c1-15-9-8-14-12(15)10-11(16)13(17-2)6-4-3-5-7-13/h8-9H,3-7,10H2,1-2H3. The highest BCUT2D eigenvalue weighted by molar-refractivity contribution is 5.88. The average Bonchev–Trinajstić information content (AvgIpc) is 2.76. The first-order chi connectivity index (χ1) is 8.18. The summed E-state index contributed by atoms with van der Waals surface area (Å²) in [6.07, 6.45) is 9.05. The molecule has 1 heterocycles. The van der Waals surface area contributed by atoms with Gasteiger partial charge in [0.15, 0.2) is 5.78 Å². The normalized spacial score (nSPS) is 19.2. The van der Waals surface area contributed by atoms with Crippen LogP contribution in [-0.4, -0.2) is 28.0 Å². The molecule has 1 aromatic heterocycles. The molecule has 1 fully saturated rings. The first-order valence-electron chi connectivity index (χ1n) is 6.22. The van der Waals surface area contributed by atoms with E-state index in [4.69, 9.17) is 4.74 Å². The van der Waals surface area contributed by atoms with Gasteiger partial charge in [0.2, 0.25) is 0 Å². The summed E-state index contributed by atoms with van der Waals surface area (Å²) in [5.74, 6) is 0.992. The second-order valence-electron chi connectivity index (χ2n) is 4.81. The van der Waals surface area contributed by atoms with Crippen LogP contribution in [0.3, 0.4) is 0 Å². The molecule has 4 nitrogen and oxygen atoms in total. The highest BCUT2D eigenvalue weighted by Crippen LogP contribution is 2.32. The van der Waals surface area contributed by atoms with Crippen molar-refractivity contribution in [3.63, 3.8) is 0 Å². The van der Waals surface area contributed by atoms with Gasteiger partial charge in [-0.2, -0.15) is 0 Å². The molecule has 2 rings (SSSR count). The zero-order chi connectivity index (χ0) is 12.3. The number of imidazole rings is 1. The van der Waals surface area contributed by atoms with E-state index in [-0.39, 0.29) is 5.78 Å². The summed E-state index contributed by atoms with van der Waals surface area (Å²) < 4.78 is 7.44. The van der Waals surface area contributed by atoms with E-state index in [1.807, 2.05) is 17.8 Å². The molecular formula is C13H20N2O2. The molecule has 4 heteroatoms. The maximum atomic E-state index is 12.4. The molecule has 0 unspecified atom stereocenters. The van der Waals surface area contributed by atoms with Gasteiger partial charge in [-0.25, -0.2) is 4.98 Å². The van der Waals surface area contributed by atoms with E-state index in [1.54, 1.807) is 13.3 Å². The van der Waals surface area contributed by atoms with Crippen LogP contribution >= 0.6 is 0 Å². The third-order valence-electron chi connectivity index (χ3n) is 3.80. The van der Waals surface area contributed by atoms with E-state index in [1.165, 1.54) is 6.42 Å². The summed E-state index contributed by atoms with van der Waals surface area (Å²) in [5.41, 5.74) is -0.551. The third-order valence-corrected chi connectivity index (χ3v) is 3.80. The number of carbonyl (C=O) groups is 1. The number of aromatic nitrogens is 2. The number of ketones is 1. The van der Waals surface area contributed by atoms with Gasteiger partial charge in [-0.15, -0.1) is 0 Å². The first-order valence-corrected chi connectivity index (χ1v) is 6.22. The molecule has 0 spiro atoms. The smallest absolute Gasteiger partial charge is 0.172 e. The summed E-state index contributed by atoms with van der Waals surface area (Å²) in [6.45, 7) is 0. The molecule has 17 heavy (non-hydrogen) atoms. The lowest BCUT2D eigenvalue weighted by Crippen LogP contribution is -2.43. The Bertz CT molecular complexity index is 392. The minimum atomic E-state index is -0.551. The monoisotopic (exact) mass is 236 g/mol. The molecular weight excluding hydrogens is 216 g/mol. The maximum Gasteiger partial charge on any atom is 0.172 e. The van der Waals surface area contributed by atoms with Gasteiger partial charge in [-0.3, -0.25) is 4.79 Å². The fraction of sp³-hybridized carbons (Fsp3) is 0.692. The zero-order valence-corrected chi connectivity index (χ0v) is 10.6. The van der Waals surface area contributed by atoms with Crippen molar-refractivity contribution < 1.29 is 9.53 Å². The lowest BCUT2D eigenvalue weighted by molar-refractivity contribution is -0.144. The number of aryl methyl sites for hydroxylation is 1. The van der Waals surface area contributed by atoms with Crippen molar-refractivity contribution in [3.05, 3.63) is 18.2 Å². The number of carbonyl (C=O) groups excluding carboxylic acids is 1. The number of hydrogen-bond donors (Lipinski definition) is 0. The second-order valence-corrected chi connectivity index (χ2v) is 4.81. The van der Waals surface area contributed by atoms with E-state index >= 15 is 0 Å². The first kappa shape index (κ1) is 12.3. The van der Waals surface area contributed by atoms with E-state index in [0.717, 1.165) is 31.5 Å². The van der Waals surface area contributed by atoms with Gasteiger partial charge < -0.3 is 9.30 Å². The van der Waals surface area contributed by atoms with Gasteiger partial charge in [0.1, 0.15) is 11.4 Å². The second kappa shape index (κ2) is 5.00. The Hall–Kier alpha value is -1.16. The average molecular weight is 236 g/mol. The molecule has 1 aromatic rings. The number of hydrogen-bond acceptors (Lipinski definition) is 3. The Labute approximate surface area is 102 Å². The Morgan fingerprint density at radius 2 is 2.18 bits per heavy atom. The Balaban J connectivity index is 2.10. The zero-order valence-electron chi connectivity index (χ0n) is 10.6. The predicted octanol–water partition coefficient (Wildman–Crippen LogP) is 1.88. The Kier molecular flexibility index (Phi) is 3.62. The molecule has 0 amide bonds. The number of nitrogens with zero attached hydrogens (tertiary/aromatic N) is 2. The molecule has 1 aliphatic carbocycles. The summed E-state index contributed by atoms with van der Waals surface area (Å²) in [4.78, 5) is 16.6. The number of ether oxygens (including phenoxy) is 1. The molecule has 1 saturated carbocycles. The Morgan fingerprint density at radius 3 is 2.71 bits per heavy atom. The van der Waals surface area contributed by atoms with Crippen LogP contribution in [-0.2, 0) is 23.0 Å². The summed E-state index contributed by atoms with van der Waals surface area (Å²) in [7, 11) is 3.57. The molecule has 0 atom stereocenters. The quantitative estimate of drug-likeness (QED) is 0.801. The van der Waals surface area contributed by atoms with Gasteiger partial charge >= 0.3 is 0 Å². The highest BCUT2D eigenvalue weighted by Gasteiger charge is 2.39.